The van der Waals surface area contributed by atoms with Gasteiger partial charge in [0.05, 0.1) is 17.1 Å². The van der Waals surface area contributed by atoms with Gasteiger partial charge in [0.1, 0.15) is 0 Å². The Morgan fingerprint density at radius 1 is 1.14 bits per heavy atom. The Kier molecular flexibility index (Phi) is 4.80. The first-order valence-corrected chi connectivity index (χ1v) is 8.39. The lowest BCUT2D eigenvalue weighted by molar-refractivity contribution is 0.0861. The number of benzene rings is 2. The zero-order valence-corrected chi connectivity index (χ0v) is 13.5. The molecule has 3 nitrogen and oxygen atoms in total. The Balaban J connectivity index is 1.70. The van der Waals surface area contributed by atoms with Crippen LogP contribution in [0.5, 0.6) is 0 Å². The molecule has 2 aromatic rings. The monoisotopic (exact) mass is 330 g/mol. The van der Waals surface area contributed by atoms with Crippen LogP contribution >= 0.6 is 23.4 Å². The third-order valence-corrected chi connectivity index (χ3v) is 4.78. The van der Waals surface area contributed by atoms with E-state index in [9.17, 15) is 4.79 Å². The molecule has 2 aromatic carbocycles. The summed E-state index contributed by atoms with van der Waals surface area (Å²) in [6, 6.07) is 17.3. The topological polar surface area (TPSA) is 32.7 Å². The molecule has 0 radical (unpaired) electrons. The van der Waals surface area contributed by atoms with Gasteiger partial charge in [0.25, 0.3) is 5.91 Å². The smallest absolute Gasteiger partial charge is 0.261 e. The Morgan fingerprint density at radius 2 is 1.86 bits per heavy atom. The molecule has 0 N–H and O–H groups in total. The van der Waals surface area contributed by atoms with E-state index in [1.54, 1.807) is 28.8 Å². The normalized spacial score (nSPS) is 14.0. The first-order chi connectivity index (χ1) is 10.8. The second-order valence-electron chi connectivity index (χ2n) is 4.88. The Hall–Kier alpha value is -1.78. The van der Waals surface area contributed by atoms with Gasteiger partial charge in [-0.1, -0.05) is 65.8 Å². The standard InChI is InChI=1S/C17H15ClN2OS/c18-15-9-5-4-8-14(15)16(21)20-11-10-19-17(20)22-12-13-6-2-1-3-7-13/h1-9H,10-12H2. The van der Waals surface area contributed by atoms with Crippen molar-refractivity contribution < 1.29 is 4.79 Å². The summed E-state index contributed by atoms with van der Waals surface area (Å²) < 4.78 is 0. The highest BCUT2D eigenvalue weighted by Crippen LogP contribution is 2.23. The number of halogens is 1. The van der Waals surface area contributed by atoms with Crippen LogP contribution in [-0.2, 0) is 5.75 Å². The molecule has 3 rings (SSSR count). The highest BCUT2D eigenvalue weighted by Gasteiger charge is 2.26. The summed E-state index contributed by atoms with van der Waals surface area (Å²) in [5.41, 5.74) is 1.74. The molecule has 0 aromatic heterocycles. The molecular formula is C17H15ClN2OS. The van der Waals surface area contributed by atoms with E-state index in [1.807, 2.05) is 30.3 Å². The average Bonchev–Trinajstić information content (AvgIpc) is 3.02. The molecule has 1 heterocycles. The minimum Gasteiger partial charge on any atom is -0.286 e. The fourth-order valence-electron chi connectivity index (χ4n) is 2.24. The zero-order chi connectivity index (χ0) is 15.4. The molecule has 0 fully saturated rings. The molecule has 0 saturated carbocycles. The molecule has 0 bridgehead atoms. The van der Waals surface area contributed by atoms with Crippen molar-refractivity contribution in [1.82, 2.24) is 4.90 Å². The number of carbonyl (C=O) groups excluding carboxylic acids is 1. The molecular weight excluding hydrogens is 316 g/mol. The van der Waals surface area contributed by atoms with Gasteiger partial charge in [0, 0.05) is 12.3 Å². The highest BCUT2D eigenvalue weighted by atomic mass is 35.5. The van der Waals surface area contributed by atoms with Crippen LogP contribution in [0.3, 0.4) is 0 Å². The molecule has 112 valence electrons. The number of amidine groups is 1. The van der Waals surface area contributed by atoms with Gasteiger partial charge in [0.15, 0.2) is 5.17 Å². The Bertz CT molecular complexity index is 703. The number of rotatable bonds is 3. The minimum absolute atomic E-state index is 0.0811. The van der Waals surface area contributed by atoms with Gasteiger partial charge in [-0.25, -0.2) is 0 Å². The van der Waals surface area contributed by atoms with E-state index in [1.165, 1.54) is 5.56 Å². The third kappa shape index (κ3) is 3.34. The lowest BCUT2D eigenvalue weighted by Gasteiger charge is -2.18. The molecule has 1 aliphatic heterocycles. The van der Waals surface area contributed by atoms with E-state index in [0.717, 1.165) is 10.9 Å². The van der Waals surface area contributed by atoms with Crippen molar-refractivity contribution in [3.63, 3.8) is 0 Å². The van der Waals surface area contributed by atoms with E-state index in [4.69, 9.17) is 11.6 Å². The van der Waals surface area contributed by atoms with Gasteiger partial charge in [-0.3, -0.25) is 14.7 Å². The number of carbonyl (C=O) groups is 1. The highest BCUT2D eigenvalue weighted by molar-refractivity contribution is 8.13. The Labute approximate surface area is 139 Å². The molecule has 0 unspecified atom stereocenters. The predicted octanol–water partition coefficient (Wildman–Crippen LogP) is 4.09. The molecule has 1 aliphatic rings. The van der Waals surface area contributed by atoms with Crippen molar-refractivity contribution in [2.24, 2.45) is 4.99 Å². The molecule has 5 heteroatoms. The van der Waals surface area contributed by atoms with Crippen LogP contribution in [0, 0.1) is 0 Å². The van der Waals surface area contributed by atoms with Crippen LogP contribution in [0.2, 0.25) is 5.02 Å². The van der Waals surface area contributed by atoms with Gasteiger partial charge >= 0.3 is 0 Å². The number of thioether (sulfide) groups is 1. The SMILES string of the molecule is O=C(c1ccccc1Cl)N1CCN=C1SCc1ccccc1. The molecule has 22 heavy (non-hydrogen) atoms. The summed E-state index contributed by atoms with van der Waals surface area (Å²) in [5.74, 6) is 0.716. The second kappa shape index (κ2) is 6.99. The summed E-state index contributed by atoms with van der Waals surface area (Å²) in [7, 11) is 0. The van der Waals surface area contributed by atoms with E-state index in [2.05, 4.69) is 17.1 Å². The number of nitrogens with zero attached hydrogens (tertiary/aromatic N) is 2. The van der Waals surface area contributed by atoms with E-state index in [-0.39, 0.29) is 5.91 Å². The number of hydrogen-bond donors (Lipinski definition) is 0. The van der Waals surface area contributed by atoms with Crippen LogP contribution < -0.4 is 0 Å². The fourth-order valence-corrected chi connectivity index (χ4v) is 3.46. The van der Waals surface area contributed by atoms with Gasteiger partial charge in [-0.2, -0.15) is 0 Å². The van der Waals surface area contributed by atoms with Crippen molar-refractivity contribution in [3.8, 4) is 0 Å². The maximum Gasteiger partial charge on any atom is 0.261 e. The number of amides is 1. The van der Waals surface area contributed by atoms with E-state index < -0.39 is 0 Å². The maximum atomic E-state index is 12.6. The summed E-state index contributed by atoms with van der Waals surface area (Å²) in [6.45, 7) is 1.26. The molecule has 0 saturated heterocycles. The van der Waals surface area contributed by atoms with Gasteiger partial charge in [-0.05, 0) is 17.7 Å². The van der Waals surface area contributed by atoms with Gasteiger partial charge in [-0.15, -0.1) is 0 Å². The van der Waals surface area contributed by atoms with Gasteiger partial charge in [0.2, 0.25) is 0 Å². The first kappa shape index (κ1) is 15.1. The second-order valence-corrected chi connectivity index (χ2v) is 6.22. The molecule has 0 spiro atoms. The van der Waals surface area contributed by atoms with E-state index in [0.29, 0.717) is 23.7 Å². The van der Waals surface area contributed by atoms with E-state index >= 15 is 0 Å². The molecule has 0 atom stereocenters. The van der Waals surface area contributed by atoms with Crippen LogP contribution in [0.4, 0.5) is 0 Å². The lowest BCUT2D eigenvalue weighted by Crippen LogP contribution is -2.33. The van der Waals surface area contributed by atoms with Crippen LogP contribution in [-0.4, -0.2) is 29.1 Å². The van der Waals surface area contributed by atoms with Crippen LogP contribution in [0.15, 0.2) is 59.6 Å². The average molecular weight is 331 g/mol. The minimum atomic E-state index is -0.0811. The largest absolute Gasteiger partial charge is 0.286 e. The van der Waals surface area contributed by atoms with Crippen molar-refractivity contribution in [2.75, 3.05) is 13.1 Å². The molecule has 1 amide bonds. The van der Waals surface area contributed by atoms with Crippen LogP contribution in [0.1, 0.15) is 15.9 Å². The lowest BCUT2D eigenvalue weighted by atomic mass is 10.2. The summed E-state index contributed by atoms with van der Waals surface area (Å²) in [5, 5.41) is 1.25. The van der Waals surface area contributed by atoms with Gasteiger partial charge < -0.3 is 0 Å². The summed E-state index contributed by atoms with van der Waals surface area (Å²) >= 11 is 7.71. The predicted molar refractivity (Wildman–Crippen MR) is 92.5 cm³/mol. The zero-order valence-electron chi connectivity index (χ0n) is 11.9. The Morgan fingerprint density at radius 3 is 2.64 bits per heavy atom. The summed E-state index contributed by atoms with van der Waals surface area (Å²) in [4.78, 5) is 18.8. The number of hydrogen-bond acceptors (Lipinski definition) is 3. The molecule has 0 aliphatic carbocycles. The quantitative estimate of drug-likeness (QED) is 0.849. The van der Waals surface area contributed by atoms with Crippen molar-refractivity contribution in [1.29, 1.82) is 0 Å². The number of aliphatic imine (C=N–C) groups is 1. The van der Waals surface area contributed by atoms with Crippen molar-refractivity contribution in [2.45, 2.75) is 5.75 Å². The van der Waals surface area contributed by atoms with Crippen LogP contribution in [0.25, 0.3) is 0 Å². The first-order valence-electron chi connectivity index (χ1n) is 7.03. The third-order valence-electron chi connectivity index (χ3n) is 3.36. The summed E-state index contributed by atoms with van der Waals surface area (Å²) in [6.07, 6.45) is 0. The van der Waals surface area contributed by atoms with Crippen molar-refractivity contribution >= 4 is 34.4 Å². The fraction of sp³-hybridized carbons (Fsp3) is 0.176. The van der Waals surface area contributed by atoms with Crippen molar-refractivity contribution in [3.05, 3.63) is 70.7 Å². The maximum absolute atomic E-state index is 12.6.